The van der Waals surface area contributed by atoms with Crippen LogP contribution in [0.25, 0.3) is 10.6 Å². The smallest absolute Gasteiger partial charge is 0.358 e. The minimum atomic E-state index is -1.01. The Morgan fingerprint density at radius 2 is 1.96 bits per heavy atom. The van der Waals surface area contributed by atoms with Gasteiger partial charge in [0, 0.05) is 16.0 Å². The maximum absolute atomic E-state index is 12.3. The van der Waals surface area contributed by atoms with Gasteiger partial charge in [0.1, 0.15) is 10.8 Å². The first kappa shape index (κ1) is 19.9. The highest BCUT2D eigenvalue weighted by atomic mass is 35.5. The Morgan fingerprint density at radius 3 is 2.71 bits per heavy atom. The zero-order valence-corrected chi connectivity index (χ0v) is 16.7. The second kappa shape index (κ2) is 8.86. The summed E-state index contributed by atoms with van der Waals surface area (Å²) in [7, 11) is 1.51. The molecule has 0 spiro atoms. The van der Waals surface area contributed by atoms with Gasteiger partial charge in [-0.05, 0) is 31.2 Å². The first-order valence-corrected chi connectivity index (χ1v) is 9.60. The molecule has 0 aliphatic rings. The molecule has 0 unspecified atom stereocenters. The molecule has 1 heterocycles. The van der Waals surface area contributed by atoms with Gasteiger partial charge in [0.15, 0.2) is 11.8 Å². The molecule has 0 bridgehead atoms. The zero-order valence-electron chi connectivity index (χ0n) is 15.1. The Labute approximate surface area is 171 Å². The van der Waals surface area contributed by atoms with Crippen molar-refractivity contribution in [1.82, 2.24) is 4.98 Å². The summed E-state index contributed by atoms with van der Waals surface area (Å²) < 4.78 is 10.4. The number of nitrogens with one attached hydrogen (secondary N) is 1. The Kier molecular flexibility index (Phi) is 6.28. The van der Waals surface area contributed by atoms with Crippen LogP contribution >= 0.6 is 22.9 Å². The summed E-state index contributed by atoms with van der Waals surface area (Å²) >= 11 is 7.28. The lowest BCUT2D eigenvalue weighted by Gasteiger charge is -2.14. The molecule has 3 rings (SSSR count). The lowest BCUT2D eigenvalue weighted by atomic mass is 10.2. The van der Waals surface area contributed by atoms with Crippen molar-refractivity contribution in [2.45, 2.75) is 13.0 Å². The van der Waals surface area contributed by atoms with Crippen LogP contribution in [0.4, 0.5) is 5.69 Å². The SMILES string of the molecule is COc1ccccc1NC(=O)[C@H](C)OC(=O)c1csc(-c2cccc(Cl)c2)n1. The number of hydrogen-bond donors (Lipinski definition) is 1. The maximum atomic E-state index is 12.3. The van der Waals surface area contributed by atoms with Gasteiger partial charge < -0.3 is 14.8 Å². The number of halogens is 1. The third-order valence-electron chi connectivity index (χ3n) is 3.80. The van der Waals surface area contributed by atoms with E-state index in [1.54, 1.807) is 47.8 Å². The van der Waals surface area contributed by atoms with Crippen LogP contribution in [0.2, 0.25) is 5.02 Å². The van der Waals surface area contributed by atoms with Crippen molar-refractivity contribution in [3.8, 4) is 16.3 Å². The summed E-state index contributed by atoms with van der Waals surface area (Å²) in [6.45, 7) is 1.49. The lowest BCUT2D eigenvalue weighted by Crippen LogP contribution is -2.30. The van der Waals surface area contributed by atoms with E-state index < -0.39 is 18.0 Å². The molecule has 28 heavy (non-hydrogen) atoms. The van der Waals surface area contributed by atoms with Gasteiger partial charge in [-0.3, -0.25) is 4.79 Å². The number of nitrogens with zero attached hydrogens (tertiary/aromatic N) is 1. The number of aromatic nitrogens is 1. The van der Waals surface area contributed by atoms with E-state index in [4.69, 9.17) is 21.1 Å². The molecule has 0 radical (unpaired) electrons. The number of esters is 1. The molecule has 144 valence electrons. The summed E-state index contributed by atoms with van der Waals surface area (Å²) in [5.74, 6) is -0.629. The van der Waals surface area contributed by atoms with Crippen molar-refractivity contribution in [3.05, 3.63) is 64.6 Å². The van der Waals surface area contributed by atoms with Crippen molar-refractivity contribution < 1.29 is 19.1 Å². The van der Waals surface area contributed by atoms with Gasteiger partial charge in [0.05, 0.1) is 12.8 Å². The molecule has 0 fully saturated rings. The van der Waals surface area contributed by atoms with Crippen molar-refractivity contribution in [1.29, 1.82) is 0 Å². The van der Waals surface area contributed by atoms with E-state index >= 15 is 0 Å². The van der Waals surface area contributed by atoms with Crippen molar-refractivity contribution in [2.75, 3.05) is 12.4 Å². The van der Waals surface area contributed by atoms with Crippen LogP contribution < -0.4 is 10.1 Å². The largest absolute Gasteiger partial charge is 0.495 e. The minimum absolute atomic E-state index is 0.136. The second-order valence-corrected chi connectivity index (χ2v) is 7.08. The molecule has 0 aliphatic carbocycles. The normalized spacial score (nSPS) is 11.5. The average molecular weight is 417 g/mol. The summed E-state index contributed by atoms with van der Waals surface area (Å²) in [5, 5.41) is 5.49. The fraction of sp³-hybridized carbons (Fsp3) is 0.150. The van der Waals surface area contributed by atoms with E-state index in [2.05, 4.69) is 10.3 Å². The quantitative estimate of drug-likeness (QED) is 0.591. The highest BCUT2D eigenvalue weighted by Gasteiger charge is 2.22. The molecule has 1 N–H and O–H groups in total. The van der Waals surface area contributed by atoms with E-state index in [9.17, 15) is 9.59 Å². The number of benzene rings is 2. The summed E-state index contributed by atoms with van der Waals surface area (Å²) in [5.41, 5.74) is 1.44. The number of carbonyl (C=O) groups excluding carboxylic acids is 2. The molecule has 2 aromatic carbocycles. The standard InChI is InChI=1S/C20H17ClN2O4S/c1-12(18(24)22-15-8-3-4-9-17(15)26-2)27-20(25)16-11-28-19(23-16)13-6-5-7-14(21)10-13/h3-12H,1-2H3,(H,22,24)/t12-/m0/s1. The van der Waals surface area contributed by atoms with Crippen LogP contribution in [-0.4, -0.2) is 30.1 Å². The topological polar surface area (TPSA) is 77.5 Å². The minimum Gasteiger partial charge on any atom is -0.495 e. The van der Waals surface area contributed by atoms with Crippen molar-refractivity contribution in [3.63, 3.8) is 0 Å². The van der Waals surface area contributed by atoms with Crippen molar-refractivity contribution in [2.24, 2.45) is 0 Å². The van der Waals surface area contributed by atoms with E-state index in [1.165, 1.54) is 25.4 Å². The fourth-order valence-corrected chi connectivity index (χ4v) is 3.35. The number of carbonyl (C=O) groups is 2. The highest BCUT2D eigenvalue weighted by molar-refractivity contribution is 7.13. The van der Waals surface area contributed by atoms with E-state index in [0.29, 0.717) is 21.5 Å². The number of ether oxygens (including phenoxy) is 2. The molecule has 1 atom stereocenters. The van der Waals surface area contributed by atoms with Gasteiger partial charge in [-0.1, -0.05) is 35.9 Å². The van der Waals surface area contributed by atoms with Crippen LogP contribution in [0, 0.1) is 0 Å². The zero-order chi connectivity index (χ0) is 20.1. The van der Waals surface area contributed by atoms with Crippen LogP contribution in [-0.2, 0) is 9.53 Å². The number of amides is 1. The molecule has 1 amide bonds. The van der Waals surface area contributed by atoms with Gasteiger partial charge in [-0.15, -0.1) is 11.3 Å². The van der Waals surface area contributed by atoms with Gasteiger partial charge in [0.2, 0.25) is 0 Å². The monoisotopic (exact) mass is 416 g/mol. The number of para-hydroxylation sites is 2. The Bertz CT molecular complexity index is 1010. The number of anilines is 1. The number of thiazole rings is 1. The Morgan fingerprint density at radius 1 is 1.18 bits per heavy atom. The van der Waals surface area contributed by atoms with Gasteiger partial charge in [0.25, 0.3) is 5.91 Å². The third-order valence-corrected chi connectivity index (χ3v) is 4.93. The molecular formula is C20H17ClN2O4S. The number of hydrogen-bond acceptors (Lipinski definition) is 6. The molecule has 3 aromatic rings. The van der Waals surface area contributed by atoms with E-state index in [1.807, 2.05) is 6.07 Å². The molecular weight excluding hydrogens is 400 g/mol. The lowest BCUT2D eigenvalue weighted by molar-refractivity contribution is -0.123. The number of methoxy groups -OCH3 is 1. The molecule has 0 saturated heterocycles. The van der Waals surface area contributed by atoms with Crippen LogP contribution in [0.1, 0.15) is 17.4 Å². The van der Waals surface area contributed by atoms with Crippen molar-refractivity contribution >= 4 is 40.5 Å². The maximum Gasteiger partial charge on any atom is 0.358 e. The summed E-state index contributed by atoms with van der Waals surface area (Å²) in [6.07, 6.45) is -1.01. The summed E-state index contributed by atoms with van der Waals surface area (Å²) in [4.78, 5) is 29.0. The van der Waals surface area contributed by atoms with Gasteiger partial charge in [-0.25, -0.2) is 9.78 Å². The molecule has 8 heteroatoms. The number of rotatable bonds is 6. The Hall–Kier alpha value is -2.90. The van der Waals surface area contributed by atoms with Crippen LogP contribution in [0.3, 0.4) is 0 Å². The first-order chi connectivity index (χ1) is 13.5. The fourth-order valence-electron chi connectivity index (χ4n) is 2.38. The van der Waals surface area contributed by atoms with Gasteiger partial charge >= 0.3 is 5.97 Å². The molecule has 1 aromatic heterocycles. The van der Waals surface area contributed by atoms with Gasteiger partial charge in [-0.2, -0.15) is 0 Å². The molecule has 0 saturated carbocycles. The van der Waals surface area contributed by atoms with E-state index in [-0.39, 0.29) is 5.69 Å². The molecule has 0 aliphatic heterocycles. The highest BCUT2D eigenvalue weighted by Crippen LogP contribution is 2.27. The average Bonchev–Trinajstić information content (AvgIpc) is 3.19. The third kappa shape index (κ3) is 4.68. The summed E-state index contributed by atoms with van der Waals surface area (Å²) in [6, 6.07) is 14.2. The predicted octanol–water partition coefficient (Wildman–Crippen LogP) is 4.66. The first-order valence-electron chi connectivity index (χ1n) is 8.34. The molecule has 6 nitrogen and oxygen atoms in total. The Balaban J connectivity index is 1.65. The van der Waals surface area contributed by atoms with Crippen LogP contribution in [0.15, 0.2) is 53.9 Å². The second-order valence-electron chi connectivity index (χ2n) is 5.79. The van der Waals surface area contributed by atoms with Crippen LogP contribution in [0.5, 0.6) is 5.75 Å². The van der Waals surface area contributed by atoms with E-state index in [0.717, 1.165) is 5.56 Å². The predicted molar refractivity (Wildman–Crippen MR) is 109 cm³/mol.